The monoisotopic (exact) mass is 337 g/mol. The summed E-state index contributed by atoms with van der Waals surface area (Å²) in [6.07, 6.45) is 3.98. The van der Waals surface area contributed by atoms with E-state index in [0.29, 0.717) is 23.8 Å². The highest BCUT2D eigenvalue weighted by Crippen LogP contribution is 2.22. The van der Waals surface area contributed by atoms with Gasteiger partial charge in [-0.15, -0.1) is 0 Å². The fourth-order valence-electron chi connectivity index (χ4n) is 2.35. The number of para-hydroxylation sites is 1. The average Bonchev–Trinajstić information content (AvgIpc) is 2.98. The Bertz CT molecular complexity index is 911. The molecule has 0 amide bonds. The Morgan fingerprint density at radius 2 is 2.08 bits per heavy atom. The molecule has 3 aromatic rings. The Balaban J connectivity index is 1.70. The minimum Gasteiger partial charge on any atom is -0.493 e. The van der Waals surface area contributed by atoms with Gasteiger partial charge in [0.15, 0.2) is 11.5 Å². The molecule has 5 nitrogen and oxygen atoms in total. The lowest BCUT2D eigenvalue weighted by atomic mass is 10.2. The Kier molecular flexibility index (Phi) is 5.14. The zero-order chi connectivity index (χ0) is 17.6. The highest BCUT2D eigenvalue weighted by atomic mass is 16.5. The second-order valence-corrected chi connectivity index (χ2v) is 5.50. The Morgan fingerprint density at radius 1 is 1.24 bits per heavy atom. The standard InChI is InChI=1S/C20H19NO4/c1-3-12-23-18-7-5-4-6-15(18)8-11-20(22)25-16-9-10-17-19(13-16)24-14(2)21-17/h4-11,13H,3,12H2,1-2H3/b11-8+. The van der Waals surface area contributed by atoms with Crippen molar-refractivity contribution in [3.05, 3.63) is 60.0 Å². The van der Waals surface area contributed by atoms with E-state index >= 15 is 0 Å². The molecule has 0 aliphatic heterocycles. The Hall–Kier alpha value is -3.08. The first kappa shape index (κ1) is 16.8. The van der Waals surface area contributed by atoms with Crippen LogP contribution in [0.5, 0.6) is 11.5 Å². The van der Waals surface area contributed by atoms with Gasteiger partial charge in [-0.1, -0.05) is 25.1 Å². The van der Waals surface area contributed by atoms with Gasteiger partial charge in [0.1, 0.15) is 17.0 Å². The van der Waals surface area contributed by atoms with Gasteiger partial charge in [-0.2, -0.15) is 0 Å². The zero-order valence-corrected chi connectivity index (χ0v) is 14.2. The molecule has 0 radical (unpaired) electrons. The van der Waals surface area contributed by atoms with Crippen molar-refractivity contribution in [3.8, 4) is 11.5 Å². The summed E-state index contributed by atoms with van der Waals surface area (Å²) in [5.74, 6) is 1.25. The largest absolute Gasteiger partial charge is 0.493 e. The summed E-state index contributed by atoms with van der Waals surface area (Å²) in [6, 6.07) is 12.7. The molecule has 1 heterocycles. The summed E-state index contributed by atoms with van der Waals surface area (Å²) >= 11 is 0. The van der Waals surface area contributed by atoms with Crippen molar-refractivity contribution in [2.45, 2.75) is 20.3 Å². The van der Waals surface area contributed by atoms with E-state index in [1.165, 1.54) is 6.08 Å². The van der Waals surface area contributed by atoms with E-state index in [2.05, 4.69) is 4.98 Å². The summed E-state index contributed by atoms with van der Waals surface area (Å²) in [4.78, 5) is 16.3. The molecule has 0 spiro atoms. The van der Waals surface area contributed by atoms with Crippen molar-refractivity contribution in [2.75, 3.05) is 6.61 Å². The van der Waals surface area contributed by atoms with Crippen LogP contribution in [-0.2, 0) is 4.79 Å². The molecule has 0 unspecified atom stereocenters. The number of benzene rings is 2. The van der Waals surface area contributed by atoms with Gasteiger partial charge in [0, 0.05) is 24.6 Å². The number of hydrogen-bond acceptors (Lipinski definition) is 5. The molecule has 0 N–H and O–H groups in total. The lowest BCUT2D eigenvalue weighted by Crippen LogP contribution is -2.03. The van der Waals surface area contributed by atoms with Crippen LogP contribution in [0, 0.1) is 6.92 Å². The summed E-state index contributed by atoms with van der Waals surface area (Å²) in [7, 11) is 0. The van der Waals surface area contributed by atoms with Gasteiger partial charge in [0.2, 0.25) is 0 Å². The minimum absolute atomic E-state index is 0.411. The first-order chi connectivity index (χ1) is 12.2. The highest BCUT2D eigenvalue weighted by Gasteiger charge is 2.07. The molecule has 0 aliphatic carbocycles. The predicted molar refractivity (Wildman–Crippen MR) is 95.6 cm³/mol. The van der Waals surface area contributed by atoms with Crippen molar-refractivity contribution in [1.82, 2.24) is 4.98 Å². The number of hydrogen-bond donors (Lipinski definition) is 0. The van der Waals surface area contributed by atoms with Crippen LogP contribution in [0.1, 0.15) is 24.8 Å². The molecule has 0 saturated heterocycles. The molecule has 128 valence electrons. The average molecular weight is 337 g/mol. The van der Waals surface area contributed by atoms with Crippen LogP contribution in [0.3, 0.4) is 0 Å². The second-order valence-electron chi connectivity index (χ2n) is 5.50. The van der Waals surface area contributed by atoms with E-state index in [0.717, 1.165) is 23.3 Å². The van der Waals surface area contributed by atoms with Gasteiger partial charge in [-0.05, 0) is 30.7 Å². The molecule has 5 heteroatoms. The van der Waals surface area contributed by atoms with E-state index in [4.69, 9.17) is 13.9 Å². The third kappa shape index (κ3) is 4.26. The number of fused-ring (bicyclic) bond motifs is 1. The van der Waals surface area contributed by atoms with Crippen molar-refractivity contribution < 1.29 is 18.7 Å². The number of carbonyl (C=O) groups excluding carboxylic acids is 1. The molecule has 0 bridgehead atoms. The van der Waals surface area contributed by atoms with E-state index in [-0.39, 0.29) is 0 Å². The molecular formula is C20H19NO4. The minimum atomic E-state index is -0.471. The van der Waals surface area contributed by atoms with Crippen molar-refractivity contribution in [2.24, 2.45) is 0 Å². The number of aryl methyl sites for hydroxylation is 1. The third-order valence-electron chi connectivity index (χ3n) is 3.46. The van der Waals surface area contributed by atoms with E-state index in [9.17, 15) is 4.79 Å². The molecule has 0 aliphatic rings. The van der Waals surface area contributed by atoms with Crippen LogP contribution in [0.15, 0.2) is 53.0 Å². The van der Waals surface area contributed by atoms with Gasteiger partial charge >= 0.3 is 5.97 Å². The molecule has 0 saturated carbocycles. The summed E-state index contributed by atoms with van der Waals surface area (Å²) in [5.41, 5.74) is 2.15. The summed E-state index contributed by atoms with van der Waals surface area (Å²) in [5, 5.41) is 0. The van der Waals surface area contributed by atoms with E-state index in [1.807, 2.05) is 31.2 Å². The maximum Gasteiger partial charge on any atom is 0.336 e. The third-order valence-corrected chi connectivity index (χ3v) is 3.46. The second kappa shape index (κ2) is 7.66. The number of carbonyl (C=O) groups is 1. The smallest absolute Gasteiger partial charge is 0.336 e. The fourth-order valence-corrected chi connectivity index (χ4v) is 2.35. The Morgan fingerprint density at radius 3 is 2.92 bits per heavy atom. The van der Waals surface area contributed by atoms with Crippen molar-refractivity contribution in [1.29, 1.82) is 0 Å². The van der Waals surface area contributed by atoms with Crippen LogP contribution < -0.4 is 9.47 Å². The number of nitrogens with zero attached hydrogens (tertiary/aromatic N) is 1. The first-order valence-electron chi connectivity index (χ1n) is 8.14. The molecule has 1 aromatic heterocycles. The topological polar surface area (TPSA) is 61.6 Å². The first-order valence-corrected chi connectivity index (χ1v) is 8.14. The van der Waals surface area contributed by atoms with Crippen molar-refractivity contribution in [3.63, 3.8) is 0 Å². The van der Waals surface area contributed by atoms with Crippen LogP contribution >= 0.6 is 0 Å². The van der Waals surface area contributed by atoms with Crippen molar-refractivity contribution >= 4 is 23.1 Å². The van der Waals surface area contributed by atoms with Gasteiger partial charge in [0.25, 0.3) is 0 Å². The van der Waals surface area contributed by atoms with Crippen LogP contribution in [0.4, 0.5) is 0 Å². The fraction of sp³-hybridized carbons (Fsp3) is 0.200. The van der Waals surface area contributed by atoms with Crippen LogP contribution in [0.2, 0.25) is 0 Å². The number of oxazole rings is 1. The molecular weight excluding hydrogens is 318 g/mol. The van der Waals surface area contributed by atoms with Gasteiger partial charge in [-0.3, -0.25) is 0 Å². The lowest BCUT2D eigenvalue weighted by molar-refractivity contribution is -0.128. The SMILES string of the molecule is CCCOc1ccccc1/C=C/C(=O)Oc1ccc2nc(C)oc2c1. The highest BCUT2D eigenvalue weighted by molar-refractivity contribution is 5.89. The summed E-state index contributed by atoms with van der Waals surface area (Å²) in [6.45, 7) is 4.45. The molecule has 2 aromatic carbocycles. The quantitative estimate of drug-likeness (QED) is 0.375. The predicted octanol–water partition coefficient (Wildman–Crippen LogP) is 4.54. The van der Waals surface area contributed by atoms with Gasteiger partial charge in [-0.25, -0.2) is 9.78 Å². The van der Waals surface area contributed by atoms with E-state index in [1.54, 1.807) is 31.2 Å². The normalized spacial score (nSPS) is 11.1. The van der Waals surface area contributed by atoms with Gasteiger partial charge in [0.05, 0.1) is 6.61 Å². The number of rotatable bonds is 6. The van der Waals surface area contributed by atoms with Gasteiger partial charge < -0.3 is 13.9 Å². The lowest BCUT2D eigenvalue weighted by Gasteiger charge is -2.07. The van der Waals surface area contributed by atoms with E-state index < -0.39 is 5.97 Å². The Labute approximate surface area is 145 Å². The number of esters is 1. The summed E-state index contributed by atoms with van der Waals surface area (Å²) < 4.78 is 16.4. The zero-order valence-electron chi connectivity index (χ0n) is 14.2. The number of ether oxygens (including phenoxy) is 2. The maximum absolute atomic E-state index is 12.1. The maximum atomic E-state index is 12.1. The molecule has 25 heavy (non-hydrogen) atoms. The van der Waals surface area contributed by atoms with Crippen LogP contribution in [0.25, 0.3) is 17.2 Å². The van der Waals surface area contributed by atoms with Crippen LogP contribution in [-0.4, -0.2) is 17.6 Å². The number of aromatic nitrogens is 1. The molecule has 3 rings (SSSR count). The molecule has 0 atom stereocenters. The molecule has 0 fully saturated rings.